The molecule has 2 atom stereocenters. The summed E-state index contributed by atoms with van der Waals surface area (Å²) in [4.78, 5) is 0. The highest BCUT2D eigenvalue weighted by atomic mass is 16.5. The maximum atomic E-state index is 10.4. The second-order valence-corrected chi connectivity index (χ2v) is 9.42. The topological polar surface area (TPSA) is 94.0 Å². The fourth-order valence-electron chi connectivity index (χ4n) is 4.30. The maximum Gasteiger partial charge on any atom is 0.127 e. The molecule has 37 heavy (non-hydrogen) atoms. The van der Waals surface area contributed by atoms with Crippen molar-refractivity contribution in [3.05, 3.63) is 102 Å². The van der Waals surface area contributed by atoms with Crippen LogP contribution in [0.2, 0.25) is 0 Å². The van der Waals surface area contributed by atoms with E-state index >= 15 is 0 Å². The van der Waals surface area contributed by atoms with Crippen molar-refractivity contribution in [1.29, 1.82) is 0 Å². The summed E-state index contributed by atoms with van der Waals surface area (Å²) < 4.78 is 5.89. The van der Waals surface area contributed by atoms with Crippen molar-refractivity contribution >= 4 is 16.5 Å². The quantitative estimate of drug-likeness (QED) is 0.169. The number of anilines is 1. The van der Waals surface area contributed by atoms with Gasteiger partial charge in [-0.25, -0.2) is 0 Å². The molecular weight excluding hydrogens is 464 g/mol. The van der Waals surface area contributed by atoms with Gasteiger partial charge in [-0.1, -0.05) is 61.5 Å². The van der Waals surface area contributed by atoms with Crippen molar-refractivity contribution in [2.45, 2.75) is 32.0 Å². The summed E-state index contributed by atoms with van der Waals surface area (Å²) in [6.45, 7) is 4.25. The number of benzene rings is 4. The molecule has 4 rings (SSSR count). The number of hydrogen-bond donors (Lipinski definition) is 5. The average molecular weight is 501 g/mol. The lowest BCUT2D eigenvalue weighted by Gasteiger charge is -2.16. The molecule has 0 spiro atoms. The van der Waals surface area contributed by atoms with E-state index in [0.29, 0.717) is 12.1 Å². The van der Waals surface area contributed by atoms with Gasteiger partial charge in [0.2, 0.25) is 0 Å². The van der Waals surface area contributed by atoms with Gasteiger partial charge in [0, 0.05) is 29.7 Å². The zero-order valence-electron chi connectivity index (χ0n) is 21.2. The Kier molecular flexibility index (Phi) is 9.38. The number of aliphatic hydroxyl groups is 2. The maximum absolute atomic E-state index is 10.4. The second kappa shape index (κ2) is 13.1. The van der Waals surface area contributed by atoms with Gasteiger partial charge in [-0.2, -0.15) is 0 Å². The molecule has 0 saturated heterocycles. The summed E-state index contributed by atoms with van der Waals surface area (Å²) in [7, 11) is 0. The van der Waals surface area contributed by atoms with Crippen molar-refractivity contribution in [2.24, 2.45) is 0 Å². The van der Waals surface area contributed by atoms with Crippen LogP contribution >= 0.6 is 0 Å². The molecule has 0 fully saturated rings. The summed E-state index contributed by atoms with van der Waals surface area (Å²) in [5.74, 6) is 1.18. The zero-order chi connectivity index (χ0) is 26.0. The smallest absolute Gasteiger partial charge is 0.127 e. The first-order valence-corrected chi connectivity index (χ1v) is 12.8. The Balaban J connectivity index is 1.16. The van der Waals surface area contributed by atoms with Gasteiger partial charge in [0.15, 0.2) is 0 Å². The van der Waals surface area contributed by atoms with Crippen LogP contribution in [0.15, 0.2) is 84.9 Å². The SMILES string of the molecule is CC(CNCCc1ccc(NCC(O)COc2cccc3ccccc23)cc1)c1ccc(O)c(CO)c1. The molecule has 0 saturated carbocycles. The molecule has 0 amide bonds. The van der Waals surface area contributed by atoms with Crippen LogP contribution in [0.4, 0.5) is 5.69 Å². The summed E-state index contributed by atoms with van der Waals surface area (Å²) in [6, 6.07) is 27.7. The molecule has 0 aliphatic rings. The summed E-state index contributed by atoms with van der Waals surface area (Å²) in [6.07, 6.45) is 0.276. The number of aromatic hydroxyl groups is 1. The third kappa shape index (κ3) is 7.46. The van der Waals surface area contributed by atoms with Gasteiger partial charge in [0.05, 0.1) is 6.61 Å². The predicted octanol–water partition coefficient (Wildman–Crippen LogP) is 4.83. The lowest BCUT2D eigenvalue weighted by atomic mass is 9.98. The molecule has 6 nitrogen and oxygen atoms in total. The Morgan fingerprint density at radius 2 is 1.68 bits per heavy atom. The lowest BCUT2D eigenvalue weighted by molar-refractivity contribution is 0.118. The van der Waals surface area contributed by atoms with Crippen LogP contribution in [0.3, 0.4) is 0 Å². The van der Waals surface area contributed by atoms with Gasteiger partial charge in [-0.15, -0.1) is 0 Å². The van der Waals surface area contributed by atoms with E-state index < -0.39 is 6.10 Å². The Morgan fingerprint density at radius 3 is 2.49 bits per heavy atom. The molecule has 0 radical (unpaired) electrons. The Labute approximate surface area is 218 Å². The summed E-state index contributed by atoms with van der Waals surface area (Å²) >= 11 is 0. The molecular formula is C31H36N2O4. The molecule has 2 unspecified atom stereocenters. The molecule has 5 N–H and O–H groups in total. The van der Waals surface area contributed by atoms with Crippen LogP contribution in [0.5, 0.6) is 11.5 Å². The molecule has 0 aromatic heterocycles. The number of nitrogens with one attached hydrogen (secondary N) is 2. The van der Waals surface area contributed by atoms with E-state index in [9.17, 15) is 15.3 Å². The highest BCUT2D eigenvalue weighted by Gasteiger charge is 2.09. The third-order valence-electron chi connectivity index (χ3n) is 6.56. The van der Waals surface area contributed by atoms with Gasteiger partial charge in [-0.3, -0.25) is 0 Å². The summed E-state index contributed by atoms with van der Waals surface area (Å²) in [5, 5.41) is 38.4. The molecule has 194 valence electrons. The van der Waals surface area contributed by atoms with E-state index in [0.717, 1.165) is 47.3 Å². The van der Waals surface area contributed by atoms with Gasteiger partial charge in [0.1, 0.15) is 24.2 Å². The number of ether oxygens (including phenoxy) is 1. The van der Waals surface area contributed by atoms with Gasteiger partial charge < -0.3 is 30.7 Å². The number of rotatable bonds is 13. The first-order chi connectivity index (χ1) is 18.0. The van der Waals surface area contributed by atoms with Crippen molar-refractivity contribution in [2.75, 3.05) is 31.6 Å². The van der Waals surface area contributed by atoms with Crippen molar-refractivity contribution in [3.8, 4) is 11.5 Å². The number of fused-ring (bicyclic) bond motifs is 1. The molecule has 4 aromatic carbocycles. The van der Waals surface area contributed by atoms with E-state index in [4.69, 9.17) is 4.74 Å². The monoisotopic (exact) mass is 500 g/mol. The van der Waals surface area contributed by atoms with Crippen LogP contribution in [0.1, 0.15) is 29.5 Å². The highest BCUT2D eigenvalue weighted by molar-refractivity contribution is 5.88. The Morgan fingerprint density at radius 1 is 0.892 bits per heavy atom. The third-order valence-corrected chi connectivity index (χ3v) is 6.56. The van der Waals surface area contributed by atoms with Crippen LogP contribution in [0.25, 0.3) is 10.8 Å². The molecule has 0 bridgehead atoms. The van der Waals surface area contributed by atoms with Crippen molar-refractivity contribution in [3.63, 3.8) is 0 Å². The molecule has 0 aliphatic heterocycles. The average Bonchev–Trinajstić information content (AvgIpc) is 2.93. The second-order valence-electron chi connectivity index (χ2n) is 9.42. The Bertz CT molecular complexity index is 1270. The zero-order valence-corrected chi connectivity index (χ0v) is 21.2. The normalized spacial score (nSPS) is 12.8. The standard InChI is InChI=1S/C31H36N2O4/c1-22(25-11-14-30(36)26(17-25)20-34)18-32-16-15-23-9-12-27(13-10-23)33-19-28(35)21-37-31-8-4-6-24-5-2-3-7-29(24)31/h2-14,17,22,28,32-36H,15-16,18-21H2,1H3. The molecule has 0 aliphatic carbocycles. The van der Waals surface area contributed by atoms with Crippen molar-refractivity contribution < 1.29 is 20.1 Å². The Hall–Kier alpha value is -3.58. The van der Waals surface area contributed by atoms with Crippen LogP contribution in [-0.4, -0.2) is 47.7 Å². The predicted molar refractivity (Wildman–Crippen MR) is 149 cm³/mol. The number of aliphatic hydroxyl groups excluding tert-OH is 2. The van der Waals surface area contributed by atoms with Crippen LogP contribution in [0, 0.1) is 0 Å². The largest absolute Gasteiger partial charge is 0.508 e. The van der Waals surface area contributed by atoms with Crippen molar-refractivity contribution in [1.82, 2.24) is 5.32 Å². The van der Waals surface area contributed by atoms with E-state index in [1.807, 2.05) is 66.7 Å². The van der Waals surface area contributed by atoms with E-state index in [1.165, 1.54) is 5.56 Å². The van der Waals surface area contributed by atoms with Crippen LogP contribution in [-0.2, 0) is 13.0 Å². The van der Waals surface area contributed by atoms with E-state index in [2.05, 4.69) is 29.7 Å². The minimum Gasteiger partial charge on any atom is -0.508 e. The fraction of sp³-hybridized carbons (Fsp3) is 0.290. The number of hydrogen-bond acceptors (Lipinski definition) is 6. The first kappa shape index (κ1) is 26.5. The first-order valence-electron chi connectivity index (χ1n) is 12.8. The van der Waals surface area contributed by atoms with Gasteiger partial charge in [0.25, 0.3) is 0 Å². The highest BCUT2D eigenvalue weighted by Crippen LogP contribution is 2.25. The minimum atomic E-state index is -0.633. The van der Waals surface area contributed by atoms with Gasteiger partial charge >= 0.3 is 0 Å². The van der Waals surface area contributed by atoms with E-state index in [-0.39, 0.29) is 24.9 Å². The van der Waals surface area contributed by atoms with E-state index in [1.54, 1.807) is 6.07 Å². The fourth-order valence-corrected chi connectivity index (χ4v) is 4.30. The molecule has 6 heteroatoms. The number of phenols is 1. The minimum absolute atomic E-state index is 0.133. The molecule has 4 aromatic rings. The van der Waals surface area contributed by atoms with Crippen LogP contribution < -0.4 is 15.4 Å². The molecule has 0 heterocycles. The lowest BCUT2D eigenvalue weighted by Crippen LogP contribution is -2.26. The summed E-state index contributed by atoms with van der Waals surface area (Å²) in [5.41, 5.74) is 3.84. The van der Waals surface area contributed by atoms with Gasteiger partial charge in [-0.05, 0) is 65.7 Å².